The summed E-state index contributed by atoms with van der Waals surface area (Å²) in [5.74, 6) is -0.231. The highest BCUT2D eigenvalue weighted by molar-refractivity contribution is 7.09. The summed E-state index contributed by atoms with van der Waals surface area (Å²) in [5.41, 5.74) is 5.16. The summed E-state index contributed by atoms with van der Waals surface area (Å²) >= 11 is 1.68. The molecular formula is C11H15NO2S. The van der Waals surface area contributed by atoms with Crippen LogP contribution in [0.5, 0.6) is 0 Å². The molecule has 15 heavy (non-hydrogen) atoms. The van der Waals surface area contributed by atoms with Crippen LogP contribution < -0.4 is 5.73 Å². The molecule has 2 N–H and O–H groups in total. The van der Waals surface area contributed by atoms with Crippen LogP contribution in [0, 0.1) is 0 Å². The molecule has 0 saturated heterocycles. The first-order valence-electron chi connectivity index (χ1n) is 5.19. The predicted molar refractivity (Wildman–Crippen MR) is 59.8 cm³/mol. The molecule has 1 aliphatic rings. The van der Waals surface area contributed by atoms with Crippen molar-refractivity contribution in [2.24, 2.45) is 5.73 Å². The lowest BCUT2D eigenvalue weighted by Crippen LogP contribution is -2.54. The minimum atomic E-state index is -0.671. The highest BCUT2D eigenvalue weighted by atomic mass is 32.1. The van der Waals surface area contributed by atoms with E-state index in [-0.39, 0.29) is 5.97 Å². The lowest BCUT2D eigenvalue weighted by molar-refractivity contribution is -0.153. The number of hydrogen-bond acceptors (Lipinski definition) is 4. The van der Waals surface area contributed by atoms with Gasteiger partial charge in [-0.05, 0) is 30.7 Å². The lowest BCUT2D eigenvalue weighted by Gasteiger charge is -2.34. The largest absolute Gasteiger partial charge is 0.464 e. The number of ether oxygens (including phenoxy) is 1. The number of nitrogens with two attached hydrogens (primary N) is 1. The molecule has 3 nitrogen and oxygen atoms in total. The van der Waals surface area contributed by atoms with Gasteiger partial charge in [-0.2, -0.15) is 0 Å². The van der Waals surface area contributed by atoms with Gasteiger partial charge in [-0.1, -0.05) is 6.07 Å². The van der Waals surface area contributed by atoms with Crippen molar-refractivity contribution in [3.8, 4) is 0 Å². The first-order chi connectivity index (χ1) is 7.21. The van der Waals surface area contributed by atoms with Crippen molar-refractivity contribution in [1.29, 1.82) is 0 Å². The topological polar surface area (TPSA) is 52.3 Å². The smallest absolute Gasteiger partial charge is 0.326 e. The van der Waals surface area contributed by atoms with Crippen LogP contribution in [-0.4, -0.2) is 18.1 Å². The van der Waals surface area contributed by atoms with E-state index in [4.69, 9.17) is 10.5 Å². The van der Waals surface area contributed by atoms with Crippen LogP contribution in [0.4, 0.5) is 0 Å². The van der Waals surface area contributed by atoms with Crippen molar-refractivity contribution in [3.63, 3.8) is 0 Å². The second-order valence-electron chi connectivity index (χ2n) is 3.97. The van der Waals surface area contributed by atoms with E-state index >= 15 is 0 Å². The zero-order valence-corrected chi connectivity index (χ0v) is 9.39. The molecule has 1 aromatic heterocycles. The Labute approximate surface area is 93.2 Å². The van der Waals surface area contributed by atoms with Gasteiger partial charge in [0.05, 0.1) is 6.61 Å². The van der Waals surface area contributed by atoms with Gasteiger partial charge in [0.1, 0.15) is 5.54 Å². The summed E-state index contributed by atoms with van der Waals surface area (Å²) < 4.78 is 5.16. The number of hydrogen-bond donors (Lipinski definition) is 1. The van der Waals surface area contributed by atoms with E-state index in [0.717, 1.165) is 25.7 Å². The predicted octanol–water partition coefficient (Wildman–Crippen LogP) is 1.72. The van der Waals surface area contributed by atoms with E-state index < -0.39 is 5.54 Å². The highest BCUT2D eigenvalue weighted by Gasteiger charge is 2.41. The number of esters is 1. The van der Waals surface area contributed by atoms with Gasteiger partial charge in [0, 0.05) is 11.3 Å². The minimum Gasteiger partial charge on any atom is -0.464 e. The maximum atomic E-state index is 11.5. The fraction of sp³-hybridized carbons (Fsp3) is 0.545. The molecule has 1 fully saturated rings. The number of carbonyl (C=O) groups excluding carboxylic acids is 1. The average molecular weight is 225 g/mol. The fourth-order valence-electron chi connectivity index (χ4n) is 1.60. The summed E-state index contributed by atoms with van der Waals surface area (Å²) in [6, 6.07) is 4.04. The maximum Gasteiger partial charge on any atom is 0.326 e. The van der Waals surface area contributed by atoms with E-state index in [9.17, 15) is 4.79 Å². The molecule has 0 bridgehead atoms. The second kappa shape index (κ2) is 4.33. The third kappa shape index (κ3) is 2.38. The molecule has 4 heteroatoms. The van der Waals surface area contributed by atoms with Crippen LogP contribution in [0.15, 0.2) is 17.5 Å². The van der Waals surface area contributed by atoms with Crippen molar-refractivity contribution in [2.75, 3.05) is 6.61 Å². The molecule has 0 aromatic carbocycles. The Balaban J connectivity index is 1.72. The Morgan fingerprint density at radius 3 is 2.93 bits per heavy atom. The molecule has 1 saturated carbocycles. The monoisotopic (exact) mass is 225 g/mol. The summed E-state index contributed by atoms with van der Waals surface area (Å²) in [5, 5.41) is 2.02. The zero-order valence-electron chi connectivity index (χ0n) is 8.57. The van der Waals surface area contributed by atoms with E-state index in [1.165, 1.54) is 4.88 Å². The molecule has 0 atom stereocenters. The van der Waals surface area contributed by atoms with E-state index in [1.807, 2.05) is 17.5 Å². The number of carbonyl (C=O) groups is 1. The Morgan fingerprint density at radius 2 is 2.40 bits per heavy atom. The van der Waals surface area contributed by atoms with E-state index in [2.05, 4.69) is 0 Å². The quantitative estimate of drug-likeness (QED) is 0.794. The maximum absolute atomic E-state index is 11.5. The van der Waals surface area contributed by atoms with Crippen LogP contribution in [-0.2, 0) is 16.0 Å². The van der Waals surface area contributed by atoms with Crippen molar-refractivity contribution in [2.45, 2.75) is 31.2 Å². The van der Waals surface area contributed by atoms with E-state index in [0.29, 0.717) is 6.61 Å². The van der Waals surface area contributed by atoms with Gasteiger partial charge in [0.2, 0.25) is 0 Å². The molecule has 82 valence electrons. The van der Waals surface area contributed by atoms with Crippen LogP contribution in [0.2, 0.25) is 0 Å². The highest BCUT2D eigenvalue weighted by Crippen LogP contribution is 2.30. The molecule has 0 radical (unpaired) electrons. The van der Waals surface area contributed by atoms with Gasteiger partial charge in [0.15, 0.2) is 0 Å². The van der Waals surface area contributed by atoms with Gasteiger partial charge in [-0.3, -0.25) is 4.79 Å². The Morgan fingerprint density at radius 1 is 1.60 bits per heavy atom. The normalized spacial score (nSPS) is 18.2. The van der Waals surface area contributed by atoms with Crippen LogP contribution in [0.25, 0.3) is 0 Å². The molecule has 0 aliphatic heterocycles. The fourth-order valence-corrected chi connectivity index (χ4v) is 2.29. The number of thiophene rings is 1. The molecule has 2 rings (SSSR count). The van der Waals surface area contributed by atoms with Crippen molar-refractivity contribution >= 4 is 17.3 Å². The molecule has 1 heterocycles. The minimum absolute atomic E-state index is 0.231. The van der Waals surface area contributed by atoms with Gasteiger partial charge < -0.3 is 10.5 Å². The summed E-state index contributed by atoms with van der Waals surface area (Å²) in [7, 11) is 0. The number of rotatable bonds is 4. The Bertz CT molecular complexity index is 330. The zero-order chi connectivity index (χ0) is 10.7. The van der Waals surface area contributed by atoms with Crippen LogP contribution in [0.3, 0.4) is 0 Å². The summed E-state index contributed by atoms with van der Waals surface area (Å²) in [6.45, 7) is 0.443. The Hall–Kier alpha value is -0.870. The second-order valence-corrected chi connectivity index (χ2v) is 5.01. The molecule has 1 aliphatic carbocycles. The SMILES string of the molecule is NC1(C(=O)OCCc2cccs2)CCC1. The van der Waals surface area contributed by atoms with Gasteiger partial charge >= 0.3 is 5.97 Å². The lowest BCUT2D eigenvalue weighted by atomic mass is 9.78. The van der Waals surface area contributed by atoms with E-state index in [1.54, 1.807) is 11.3 Å². The van der Waals surface area contributed by atoms with Crippen molar-refractivity contribution in [3.05, 3.63) is 22.4 Å². The molecule has 0 unspecified atom stereocenters. The average Bonchev–Trinajstić information content (AvgIpc) is 2.66. The summed E-state index contributed by atoms with van der Waals surface area (Å²) in [6.07, 6.45) is 3.37. The van der Waals surface area contributed by atoms with Crippen molar-refractivity contribution in [1.82, 2.24) is 0 Å². The molecule has 0 spiro atoms. The van der Waals surface area contributed by atoms with Crippen molar-refractivity contribution < 1.29 is 9.53 Å². The van der Waals surface area contributed by atoms with Crippen LogP contribution >= 0.6 is 11.3 Å². The third-order valence-electron chi connectivity index (χ3n) is 2.81. The Kier molecular flexibility index (Phi) is 3.07. The van der Waals surface area contributed by atoms with Gasteiger partial charge in [-0.15, -0.1) is 11.3 Å². The van der Waals surface area contributed by atoms with Crippen LogP contribution in [0.1, 0.15) is 24.1 Å². The molecule has 0 amide bonds. The van der Waals surface area contributed by atoms with Gasteiger partial charge in [-0.25, -0.2) is 0 Å². The standard InChI is InChI=1S/C11H15NO2S/c12-11(5-2-6-11)10(13)14-7-4-9-3-1-8-15-9/h1,3,8H,2,4-7,12H2. The third-order valence-corrected chi connectivity index (χ3v) is 3.75. The molecule has 1 aromatic rings. The first kappa shape index (κ1) is 10.6. The summed E-state index contributed by atoms with van der Waals surface area (Å²) in [4.78, 5) is 12.8. The van der Waals surface area contributed by atoms with Gasteiger partial charge in [0.25, 0.3) is 0 Å². The molecular weight excluding hydrogens is 210 g/mol. The first-order valence-corrected chi connectivity index (χ1v) is 6.07.